The third kappa shape index (κ3) is 8.69. The predicted octanol–water partition coefficient (Wildman–Crippen LogP) is 4.77. The Morgan fingerprint density at radius 2 is 1.15 bits per heavy atom. The van der Waals surface area contributed by atoms with Gasteiger partial charge in [-0.05, 0) is 37.8 Å². The molecule has 13 heteroatoms. The van der Waals surface area contributed by atoms with Crippen LogP contribution in [0.4, 0.5) is 11.4 Å². The molecule has 0 bridgehead atoms. The van der Waals surface area contributed by atoms with E-state index in [1.807, 2.05) is 13.8 Å². The number of nitro benzene ring substituents is 2. The summed E-state index contributed by atoms with van der Waals surface area (Å²) in [6.45, 7) is 3.72. The van der Waals surface area contributed by atoms with Gasteiger partial charge in [0, 0.05) is 24.3 Å². The van der Waals surface area contributed by atoms with E-state index in [-0.39, 0.29) is 46.8 Å². The number of esters is 2. The molecule has 13 nitrogen and oxygen atoms in total. The van der Waals surface area contributed by atoms with Crippen molar-refractivity contribution in [1.29, 1.82) is 0 Å². The maximum atomic E-state index is 13.0. The van der Waals surface area contributed by atoms with Gasteiger partial charge in [0.25, 0.3) is 11.4 Å². The second-order valence-electron chi connectivity index (χ2n) is 8.43. The molecule has 208 valence electrons. The number of unbranched alkanes of at least 4 members (excludes halogenated alkanes) is 2. The van der Waals surface area contributed by atoms with E-state index >= 15 is 0 Å². The minimum absolute atomic E-state index is 0.0959. The molecule has 0 aliphatic rings. The first-order chi connectivity index (χ1) is 18.6. The summed E-state index contributed by atoms with van der Waals surface area (Å²) in [5, 5.41) is 22.0. The summed E-state index contributed by atoms with van der Waals surface area (Å²) < 4.78 is 16.4. The van der Waals surface area contributed by atoms with Gasteiger partial charge >= 0.3 is 11.9 Å². The Labute approximate surface area is 223 Å². The zero-order valence-electron chi connectivity index (χ0n) is 21.4. The Bertz CT molecular complexity index is 1130. The molecule has 2 aromatic rings. The summed E-state index contributed by atoms with van der Waals surface area (Å²) >= 11 is 0. The number of non-ortho nitro benzene ring substituents is 2. The number of aldehydes is 2. The second-order valence-corrected chi connectivity index (χ2v) is 8.43. The van der Waals surface area contributed by atoms with Crippen LogP contribution in [0.15, 0.2) is 36.4 Å². The molecule has 0 saturated carbocycles. The first kappa shape index (κ1) is 30.5. The molecule has 39 heavy (non-hydrogen) atoms. The average molecular weight is 545 g/mol. The van der Waals surface area contributed by atoms with Crippen molar-refractivity contribution in [3.05, 3.63) is 67.8 Å². The average Bonchev–Trinajstić information content (AvgIpc) is 2.92. The summed E-state index contributed by atoms with van der Waals surface area (Å²) in [7, 11) is 0. The van der Waals surface area contributed by atoms with Crippen molar-refractivity contribution in [2.45, 2.75) is 64.6 Å². The third-order valence-corrected chi connectivity index (χ3v) is 5.57. The molecular weight excluding hydrogens is 516 g/mol. The lowest BCUT2D eigenvalue weighted by Gasteiger charge is -2.21. The van der Waals surface area contributed by atoms with E-state index in [1.165, 1.54) is 12.1 Å². The molecule has 0 aromatic heterocycles. The molecule has 0 saturated heterocycles. The summed E-state index contributed by atoms with van der Waals surface area (Å²) in [5.74, 6) is -2.32. The van der Waals surface area contributed by atoms with Crippen LogP contribution in [0.1, 0.15) is 73.1 Å². The smallest absolute Gasteiger partial charge is 0.355 e. The van der Waals surface area contributed by atoms with E-state index in [0.29, 0.717) is 38.3 Å². The molecule has 2 rings (SSSR count). The van der Waals surface area contributed by atoms with Crippen LogP contribution in [-0.2, 0) is 14.3 Å². The van der Waals surface area contributed by atoms with E-state index in [1.54, 1.807) is 0 Å². The van der Waals surface area contributed by atoms with Crippen molar-refractivity contribution in [3.63, 3.8) is 0 Å². The van der Waals surface area contributed by atoms with Crippen molar-refractivity contribution in [1.82, 2.24) is 0 Å². The number of nitro groups is 2. The van der Waals surface area contributed by atoms with Crippen molar-refractivity contribution in [2.75, 3.05) is 0 Å². The quantitative estimate of drug-likeness (QED) is 0.0932. The van der Waals surface area contributed by atoms with E-state index < -0.39 is 34.0 Å². The molecule has 0 heterocycles. The third-order valence-electron chi connectivity index (χ3n) is 5.57. The number of hydrogen-bond acceptors (Lipinski definition) is 11. The van der Waals surface area contributed by atoms with Crippen molar-refractivity contribution in [2.24, 2.45) is 0 Å². The fourth-order valence-corrected chi connectivity index (χ4v) is 3.46. The number of benzene rings is 2. The summed E-state index contributed by atoms with van der Waals surface area (Å²) in [6.07, 6.45) is 0.635. The molecule has 2 atom stereocenters. The van der Waals surface area contributed by atoms with Crippen molar-refractivity contribution < 1.29 is 43.2 Å². The first-order valence-electron chi connectivity index (χ1n) is 12.2. The van der Waals surface area contributed by atoms with Gasteiger partial charge < -0.3 is 14.2 Å². The lowest BCUT2D eigenvalue weighted by Crippen LogP contribution is -2.37. The SMILES string of the molecule is CCCCC(Oc1ccc([N+](=O)[O-])cc1C=O)C(=O)OC(=O)C(CCCC)Oc1ccc([N+](=O)[O-])cc1C=O. The number of ether oxygens (including phenoxy) is 3. The summed E-state index contributed by atoms with van der Waals surface area (Å²) in [4.78, 5) is 69.5. The molecule has 0 spiro atoms. The minimum atomic E-state index is -1.31. The zero-order chi connectivity index (χ0) is 28.9. The van der Waals surface area contributed by atoms with Crippen LogP contribution in [-0.4, -0.2) is 46.6 Å². The van der Waals surface area contributed by atoms with Gasteiger partial charge in [-0.2, -0.15) is 0 Å². The normalized spacial score (nSPS) is 12.1. The maximum Gasteiger partial charge on any atom is 0.355 e. The Morgan fingerprint density at radius 3 is 1.46 bits per heavy atom. The fourth-order valence-electron chi connectivity index (χ4n) is 3.46. The highest BCUT2D eigenvalue weighted by atomic mass is 16.6. The van der Waals surface area contributed by atoms with E-state index in [9.17, 15) is 39.4 Å². The van der Waals surface area contributed by atoms with Gasteiger partial charge in [-0.1, -0.05) is 26.7 Å². The van der Waals surface area contributed by atoms with E-state index in [4.69, 9.17) is 14.2 Å². The lowest BCUT2D eigenvalue weighted by molar-refractivity contribution is -0.385. The largest absolute Gasteiger partial charge is 0.478 e. The summed E-state index contributed by atoms with van der Waals surface area (Å²) in [5.41, 5.74) is -1.00. The molecule has 2 unspecified atom stereocenters. The van der Waals surface area contributed by atoms with Crippen LogP contribution < -0.4 is 9.47 Å². The van der Waals surface area contributed by atoms with Crippen LogP contribution in [0.2, 0.25) is 0 Å². The zero-order valence-corrected chi connectivity index (χ0v) is 21.4. The van der Waals surface area contributed by atoms with Crippen LogP contribution >= 0.6 is 0 Å². The monoisotopic (exact) mass is 544 g/mol. The van der Waals surface area contributed by atoms with Gasteiger partial charge in [0.1, 0.15) is 11.5 Å². The first-order valence-corrected chi connectivity index (χ1v) is 12.2. The Hall–Kier alpha value is -4.68. The molecule has 0 radical (unpaired) electrons. The van der Waals surface area contributed by atoms with Gasteiger partial charge in [-0.3, -0.25) is 29.8 Å². The Balaban J connectivity index is 2.26. The number of carbonyl (C=O) groups excluding carboxylic acids is 4. The van der Waals surface area contributed by atoms with E-state index in [2.05, 4.69) is 0 Å². The fraction of sp³-hybridized carbons (Fsp3) is 0.385. The van der Waals surface area contributed by atoms with Gasteiger partial charge in [0.05, 0.1) is 21.0 Å². The summed E-state index contributed by atoms with van der Waals surface area (Å²) in [6, 6.07) is 6.58. The Morgan fingerprint density at radius 1 is 0.769 bits per heavy atom. The molecule has 2 aromatic carbocycles. The van der Waals surface area contributed by atoms with E-state index in [0.717, 1.165) is 24.3 Å². The maximum absolute atomic E-state index is 13.0. The molecule has 0 N–H and O–H groups in total. The molecule has 0 amide bonds. The van der Waals surface area contributed by atoms with Gasteiger partial charge in [0.2, 0.25) is 0 Å². The van der Waals surface area contributed by atoms with Crippen molar-refractivity contribution in [3.8, 4) is 11.5 Å². The second kappa shape index (κ2) is 14.9. The molecule has 0 aliphatic heterocycles. The van der Waals surface area contributed by atoms with Gasteiger partial charge in [-0.25, -0.2) is 9.59 Å². The van der Waals surface area contributed by atoms with Crippen LogP contribution in [0.3, 0.4) is 0 Å². The lowest BCUT2D eigenvalue weighted by atomic mass is 10.1. The van der Waals surface area contributed by atoms with Crippen LogP contribution in [0, 0.1) is 20.2 Å². The number of rotatable bonds is 16. The highest BCUT2D eigenvalue weighted by Crippen LogP contribution is 2.27. The Kier molecular flexibility index (Phi) is 11.7. The van der Waals surface area contributed by atoms with Crippen molar-refractivity contribution >= 4 is 35.9 Å². The highest BCUT2D eigenvalue weighted by molar-refractivity contribution is 5.91. The molecular formula is C26H28N2O11. The molecule has 0 fully saturated rings. The molecule has 0 aliphatic carbocycles. The van der Waals surface area contributed by atoms with Gasteiger partial charge in [0.15, 0.2) is 24.8 Å². The number of carbonyl (C=O) groups is 4. The van der Waals surface area contributed by atoms with Gasteiger partial charge in [-0.15, -0.1) is 0 Å². The van der Waals surface area contributed by atoms with Crippen LogP contribution in [0.25, 0.3) is 0 Å². The predicted molar refractivity (Wildman–Crippen MR) is 136 cm³/mol. The minimum Gasteiger partial charge on any atom is -0.478 e. The number of nitrogens with zero attached hydrogens (tertiary/aromatic N) is 2. The standard InChI is InChI=1S/C26H28N2O11/c1-3-5-7-23(37-21-11-9-19(27(33)34)13-17(21)15-29)25(31)39-26(32)24(8-6-4-2)38-22-12-10-20(28(35)36)14-18(22)16-30/h9-16,23-24H,3-8H2,1-2H3. The number of hydrogen-bond donors (Lipinski definition) is 0. The highest BCUT2D eigenvalue weighted by Gasteiger charge is 2.31. The topological polar surface area (TPSA) is 182 Å². The van der Waals surface area contributed by atoms with Crippen LogP contribution in [0.5, 0.6) is 11.5 Å².